The number of nitrogens with zero attached hydrogens (tertiary/aromatic N) is 3. The Balaban J connectivity index is 1.47. The molecule has 9 nitrogen and oxygen atoms in total. The van der Waals surface area contributed by atoms with Crippen LogP contribution in [0.3, 0.4) is 0 Å². The van der Waals surface area contributed by atoms with Gasteiger partial charge in [0.05, 0.1) is 17.7 Å². The first-order valence-electron chi connectivity index (χ1n) is 16.1. The van der Waals surface area contributed by atoms with E-state index in [9.17, 15) is 9.59 Å². The predicted molar refractivity (Wildman–Crippen MR) is 184 cm³/mol. The van der Waals surface area contributed by atoms with E-state index in [-0.39, 0.29) is 23.4 Å². The zero-order valence-corrected chi connectivity index (χ0v) is 27.3. The number of halogens is 1. The van der Waals surface area contributed by atoms with E-state index in [1.165, 1.54) is 6.07 Å². The normalized spacial score (nSPS) is 14.6. The molecule has 1 aliphatic heterocycles. The maximum absolute atomic E-state index is 15.6. The van der Waals surface area contributed by atoms with Crippen molar-refractivity contribution in [3.63, 3.8) is 0 Å². The summed E-state index contributed by atoms with van der Waals surface area (Å²) >= 11 is 0. The van der Waals surface area contributed by atoms with E-state index >= 15 is 4.39 Å². The molecule has 246 valence electrons. The van der Waals surface area contributed by atoms with E-state index < -0.39 is 5.82 Å². The summed E-state index contributed by atoms with van der Waals surface area (Å²) in [4.78, 5) is 35.9. The van der Waals surface area contributed by atoms with Gasteiger partial charge in [-0.3, -0.25) is 9.59 Å². The monoisotopic (exact) mass is 638 g/mol. The minimum absolute atomic E-state index is 0.0622. The van der Waals surface area contributed by atoms with E-state index in [0.717, 1.165) is 33.5 Å². The molecule has 10 heteroatoms. The number of carbonyl (C=O) groups excluding carboxylic acids is 2. The quantitative estimate of drug-likeness (QED) is 0.207. The highest BCUT2D eigenvalue weighted by atomic mass is 19.1. The number of pyridine rings is 1. The number of anilines is 1. The lowest BCUT2D eigenvalue weighted by Gasteiger charge is -2.43. The fourth-order valence-corrected chi connectivity index (χ4v) is 6.15. The summed E-state index contributed by atoms with van der Waals surface area (Å²) in [7, 11) is 0. The number of aromatic nitrogens is 1. The van der Waals surface area contributed by atoms with Crippen LogP contribution in [0.15, 0.2) is 72.9 Å². The third-order valence-corrected chi connectivity index (χ3v) is 8.53. The smallest absolute Gasteiger partial charge is 0.257 e. The molecular weight excluding hydrogens is 595 g/mol. The lowest BCUT2D eigenvalue weighted by molar-refractivity contribution is 0.0716. The van der Waals surface area contributed by atoms with Gasteiger partial charge >= 0.3 is 0 Å². The zero-order valence-electron chi connectivity index (χ0n) is 27.3. The number of benzene rings is 3. The number of hydrogen-bond acceptors (Lipinski definition) is 7. The van der Waals surface area contributed by atoms with E-state index in [2.05, 4.69) is 22.1 Å². The van der Waals surface area contributed by atoms with Crippen molar-refractivity contribution in [2.75, 3.05) is 44.2 Å². The van der Waals surface area contributed by atoms with Crippen molar-refractivity contribution >= 4 is 17.5 Å². The molecule has 1 fully saturated rings. The van der Waals surface area contributed by atoms with Crippen LogP contribution in [0.25, 0.3) is 22.3 Å². The Hall–Kier alpha value is -4.80. The molecule has 0 radical (unpaired) electrons. The molecule has 1 aliphatic rings. The zero-order chi connectivity index (χ0) is 33.5. The van der Waals surface area contributed by atoms with Crippen LogP contribution >= 0.6 is 0 Å². The van der Waals surface area contributed by atoms with Gasteiger partial charge in [-0.25, -0.2) is 9.37 Å². The Morgan fingerprint density at radius 2 is 1.77 bits per heavy atom. The second kappa shape index (κ2) is 15.2. The molecule has 3 aromatic carbocycles. The van der Waals surface area contributed by atoms with Crippen molar-refractivity contribution in [1.82, 2.24) is 15.2 Å². The topological polar surface area (TPSA) is 127 Å². The first kappa shape index (κ1) is 33.6. The first-order chi connectivity index (χ1) is 22.8. The number of nitrogens with one attached hydrogen (secondary N) is 1. The summed E-state index contributed by atoms with van der Waals surface area (Å²) in [5, 5.41) is 2.92. The van der Waals surface area contributed by atoms with Crippen molar-refractivity contribution in [3.05, 3.63) is 101 Å². The number of ether oxygens (including phenoxy) is 1. The number of carbonyl (C=O) groups is 2. The van der Waals surface area contributed by atoms with Gasteiger partial charge in [0.1, 0.15) is 5.82 Å². The number of hydrogen-bond donors (Lipinski definition) is 3. The number of piperazine rings is 1. The first-order valence-corrected chi connectivity index (χ1v) is 16.1. The van der Waals surface area contributed by atoms with Crippen LogP contribution in [0, 0.1) is 12.7 Å². The molecular formula is C37H43FN6O3. The van der Waals surface area contributed by atoms with E-state index in [4.69, 9.17) is 16.2 Å². The van der Waals surface area contributed by atoms with Gasteiger partial charge in [0.25, 0.3) is 11.8 Å². The van der Waals surface area contributed by atoms with Crippen LogP contribution in [0.2, 0.25) is 0 Å². The van der Waals surface area contributed by atoms with Crippen LogP contribution in [0.1, 0.15) is 52.1 Å². The fraction of sp³-hybridized carbons (Fsp3) is 0.324. The Bertz CT molecular complexity index is 1730. The van der Waals surface area contributed by atoms with Crippen LogP contribution in [-0.4, -0.2) is 67.1 Å². The number of nitrogens with two attached hydrogens (primary N) is 2. The molecule has 1 atom stereocenters. The minimum atomic E-state index is -0.542. The molecule has 47 heavy (non-hydrogen) atoms. The van der Waals surface area contributed by atoms with Crippen molar-refractivity contribution < 1.29 is 18.7 Å². The van der Waals surface area contributed by atoms with Crippen LogP contribution in [-0.2, 0) is 6.54 Å². The van der Waals surface area contributed by atoms with Gasteiger partial charge in [-0.05, 0) is 78.4 Å². The van der Waals surface area contributed by atoms with Crippen LogP contribution < -0.4 is 26.4 Å². The van der Waals surface area contributed by atoms with Gasteiger partial charge in [-0.1, -0.05) is 43.3 Å². The molecule has 0 bridgehead atoms. The summed E-state index contributed by atoms with van der Waals surface area (Å²) in [6.07, 6.45) is 2.38. The average Bonchev–Trinajstić information content (AvgIpc) is 3.10. The molecule has 5 rings (SSSR count). The highest BCUT2D eigenvalue weighted by Gasteiger charge is 2.33. The molecule has 1 saturated heterocycles. The lowest BCUT2D eigenvalue weighted by atomic mass is 9.94. The Kier molecular flexibility index (Phi) is 10.8. The Morgan fingerprint density at radius 1 is 1.00 bits per heavy atom. The van der Waals surface area contributed by atoms with Gasteiger partial charge < -0.3 is 31.3 Å². The van der Waals surface area contributed by atoms with Gasteiger partial charge in [-0.2, -0.15) is 0 Å². The highest BCUT2D eigenvalue weighted by molar-refractivity contribution is 6.03. The van der Waals surface area contributed by atoms with Gasteiger partial charge in [0.2, 0.25) is 5.88 Å². The summed E-state index contributed by atoms with van der Waals surface area (Å²) < 4.78 is 21.4. The van der Waals surface area contributed by atoms with Crippen molar-refractivity contribution in [2.24, 2.45) is 11.5 Å². The predicted octanol–water partition coefficient (Wildman–Crippen LogP) is 5.15. The minimum Gasteiger partial charge on any atom is -0.478 e. The molecule has 0 aliphatic carbocycles. The molecule has 0 saturated carbocycles. The van der Waals surface area contributed by atoms with Gasteiger partial charge in [-0.15, -0.1) is 0 Å². The third kappa shape index (κ3) is 7.29. The standard InChI is InChI=1S/C37H43FN6O3/c1-4-28-23-43(37(46)34-30(19-24(3)20-32(34)38)26-10-8-25(22-40)9-11-26)17-18-44(28)33-13-12-27(21-31(33)35(45)41-16-14-39)29-7-6-15-42-36(29)47-5-2/h6-13,15,19-21,28H,4-5,14,16-18,22-23,39-40H2,1-3H3,(H,41,45)/t28-/m1/s1. The van der Waals surface area contributed by atoms with Gasteiger partial charge in [0.15, 0.2) is 0 Å². The molecule has 4 aromatic rings. The third-order valence-electron chi connectivity index (χ3n) is 8.53. The van der Waals surface area contributed by atoms with Crippen molar-refractivity contribution in [1.29, 1.82) is 0 Å². The molecule has 0 spiro atoms. The average molecular weight is 639 g/mol. The Labute approximate surface area is 275 Å². The number of rotatable bonds is 11. The van der Waals surface area contributed by atoms with Crippen LogP contribution in [0.4, 0.5) is 10.1 Å². The van der Waals surface area contributed by atoms with E-state index in [0.29, 0.717) is 69.3 Å². The summed E-state index contributed by atoms with van der Waals surface area (Å²) in [6, 6.07) is 20.2. The maximum Gasteiger partial charge on any atom is 0.257 e. The largest absolute Gasteiger partial charge is 0.478 e. The molecule has 1 aromatic heterocycles. The second-order valence-electron chi connectivity index (χ2n) is 11.6. The summed E-state index contributed by atoms with van der Waals surface area (Å²) in [5.41, 5.74) is 17.4. The van der Waals surface area contributed by atoms with E-state index in [1.54, 1.807) is 11.1 Å². The highest BCUT2D eigenvalue weighted by Crippen LogP contribution is 2.35. The van der Waals surface area contributed by atoms with Crippen molar-refractivity contribution in [3.8, 4) is 28.1 Å². The molecule has 2 amide bonds. The fourth-order valence-electron chi connectivity index (χ4n) is 6.15. The maximum atomic E-state index is 15.6. The van der Waals surface area contributed by atoms with Crippen molar-refractivity contribution in [2.45, 2.75) is 39.8 Å². The van der Waals surface area contributed by atoms with Crippen LogP contribution in [0.5, 0.6) is 5.88 Å². The number of aryl methyl sites for hydroxylation is 1. The summed E-state index contributed by atoms with van der Waals surface area (Å²) in [6.45, 7) is 8.46. The molecule has 0 unspecified atom stereocenters. The lowest BCUT2D eigenvalue weighted by Crippen LogP contribution is -2.55. The summed E-state index contributed by atoms with van der Waals surface area (Å²) in [5.74, 6) is -0.642. The number of amides is 2. The Morgan fingerprint density at radius 3 is 2.47 bits per heavy atom. The molecule has 5 N–H and O–H groups in total. The van der Waals surface area contributed by atoms with Gasteiger partial charge in [0, 0.05) is 62.8 Å². The second-order valence-corrected chi connectivity index (χ2v) is 11.6. The molecule has 2 heterocycles. The SMILES string of the molecule is CCOc1ncccc1-c1ccc(N2CCN(C(=O)c3c(F)cc(C)cc3-c3ccc(CN)cc3)C[C@H]2CC)c(C(=O)NCCN)c1. The van der Waals surface area contributed by atoms with E-state index in [1.807, 2.05) is 74.5 Å².